The maximum atomic E-state index is 12.4. The third kappa shape index (κ3) is 3.95. The van der Waals surface area contributed by atoms with Gasteiger partial charge in [0.05, 0.1) is 0 Å². The average Bonchev–Trinajstić information content (AvgIpc) is 2.29. The van der Waals surface area contributed by atoms with Gasteiger partial charge >= 0.3 is 0 Å². The second-order valence-electron chi connectivity index (χ2n) is 5.23. The number of unbranched alkanes of at least 4 members (excludes halogenated alkanes) is 1. The van der Waals surface area contributed by atoms with E-state index in [0.717, 1.165) is 32.1 Å². The maximum Gasteiger partial charge on any atom is 0.164 e. The first-order valence-electron chi connectivity index (χ1n) is 6.93. The Morgan fingerprint density at radius 3 is 2.94 bits per heavy atom. The fourth-order valence-electron chi connectivity index (χ4n) is 2.88. The van der Waals surface area contributed by atoms with E-state index in [1.807, 2.05) is 13.0 Å². The monoisotopic (exact) mass is 238 g/mol. The Morgan fingerprint density at radius 2 is 2.35 bits per heavy atom. The summed E-state index contributed by atoms with van der Waals surface area (Å²) < 4.78 is 5.86. The molecule has 0 N–H and O–H groups in total. The highest BCUT2D eigenvalue weighted by atomic mass is 16.5. The standard InChI is InChI=1S/C15H26O2/c1-4-6-7-10-14(16)15(17-5-2)11-8-9-13(3)12-15/h4,13H,1,5-12H2,2-3H3. The van der Waals surface area contributed by atoms with Gasteiger partial charge in [0.2, 0.25) is 0 Å². The van der Waals surface area contributed by atoms with E-state index in [4.69, 9.17) is 4.74 Å². The van der Waals surface area contributed by atoms with Crippen molar-refractivity contribution in [2.75, 3.05) is 6.61 Å². The number of hydrogen-bond acceptors (Lipinski definition) is 2. The SMILES string of the molecule is C=CCCCC(=O)C1(OCC)CCCC(C)C1. The fraction of sp³-hybridized carbons (Fsp3) is 0.800. The number of carbonyl (C=O) groups excluding carboxylic acids is 1. The van der Waals surface area contributed by atoms with Gasteiger partial charge in [-0.15, -0.1) is 6.58 Å². The largest absolute Gasteiger partial charge is 0.367 e. The second-order valence-corrected chi connectivity index (χ2v) is 5.23. The summed E-state index contributed by atoms with van der Waals surface area (Å²) >= 11 is 0. The van der Waals surface area contributed by atoms with Gasteiger partial charge in [0, 0.05) is 13.0 Å². The van der Waals surface area contributed by atoms with E-state index in [1.54, 1.807) is 0 Å². The summed E-state index contributed by atoms with van der Waals surface area (Å²) in [6, 6.07) is 0. The van der Waals surface area contributed by atoms with Gasteiger partial charge in [-0.2, -0.15) is 0 Å². The molecule has 2 unspecified atom stereocenters. The van der Waals surface area contributed by atoms with Crippen molar-refractivity contribution < 1.29 is 9.53 Å². The van der Waals surface area contributed by atoms with E-state index >= 15 is 0 Å². The van der Waals surface area contributed by atoms with Gasteiger partial charge in [0.1, 0.15) is 5.60 Å². The summed E-state index contributed by atoms with van der Waals surface area (Å²) in [4.78, 5) is 12.4. The fourth-order valence-corrected chi connectivity index (χ4v) is 2.88. The van der Waals surface area contributed by atoms with E-state index in [0.29, 0.717) is 24.7 Å². The second kappa shape index (κ2) is 6.95. The quantitative estimate of drug-likeness (QED) is 0.497. The van der Waals surface area contributed by atoms with Crippen LogP contribution < -0.4 is 0 Å². The lowest BCUT2D eigenvalue weighted by atomic mass is 9.75. The molecule has 1 rings (SSSR count). The molecule has 0 aromatic rings. The third-order valence-electron chi connectivity index (χ3n) is 3.70. The van der Waals surface area contributed by atoms with Gasteiger partial charge in [-0.05, 0) is 44.9 Å². The molecule has 0 aliphatic heterocycles. The minimum Gasteiger partial charge on any atom is -0.367 e. The Bertz CT molecular complexity index is 256. The van der Waals surface area contributed by atoms with E-state index < -0.39 is 5.60 Å². The summed E-state index contributed by atoms with van der Waals surface area (Å²) in [5, 5.41) is 0. The molecule has 1 fully saturated rings. The lowest BCUT2D eigenvalue weighted by Gasteiger charge is -2.38. The first kappa shape index (κ1) is 14.4. The number of Topliss-reactive ketones (excluding diaryl/α,β-unsaturated/α-hetero) is 1. The molecule has 2 heteroatoms. The Labute approximate surface area is 105 Å². The number of allylic oxidation sites excluding steroid dienone is 1. The van der Waals surface area contributed by atoms with Gasteiger partial charge in [0.25, 0.3) is 0 Å². The molecule has 0 heterocycles. The van der Waals surface area contributed by atoms with Crippen LogP contribution in [0.4, 0.5) is 0 Å². The van der Waals surface area contributed by atoms with Crippen LogP contribution in [0.1, 0.15) is 58.8 Å². The smallest absolute Gasteiger partial charge is 0.164 e. The summed E-state index contributed by atoms with van der Waals surface area (Å²) in [7, 11) is 0. The lowest BCUT2D eigenvalue weighted by Crippen LogP contribution is -2.45. The van der Waals surface area contributed by atoms with E-state index in [2.05, 4.69) is 13.5 Å². The molecule has 17 heavy (non-hydrogen) atoms. The van der Waals surface area contributed by atoms with Crippen molar-refractivity contribution in [2.45, 2.75) is 64.4 Å². The van der Waals surface area contributed by atoms with E-state index in [9.17, 15) is 4.79 Å². The van der Waals surface area contributed by atoms with Crippen LogP contribution in [-0.2, 0) is 9.53 Å². The minimum atomic E-state index is -0.465. The first-order valence-corrected chi connectivity index (χ1v) is 6.93. The molecule has 0 radical (unpaired) electrons. The molecule has 1 saturated carbocycles. The molecule has 0 spiro atoms. The number of ketones is 1. The molecule has 2 atom stereocenters. The average molecular weight is 238 g/mol. The van der Waals surface area contributed by atoms with Gasteiger partial charge in [-0.1, -0.05) is 19.4 Å². The van der Waals surface area contributed by atoms with Crippen LogP contribution in [0.2, 0.25) is 0 Å². The third-order valence-corrected chi connectivity index (χ3v) is 3.70. The summed E-state index contributed by atoms with van der Waals surface area (Å²) in [6.45, 7) is 8.54. The van der Waals surface area contributed by atoms with E-state index in [1.165, 1.54) is 6.42 Å². The number of carbonyl (C=O) groups is 1. The normalized spacial score (nSPS) is 28.9. The molecule has 0 saturated heterocycles. The molecule has 0 amide bonds. The van der Waals surface area contributed by atoms with Crippen LogP contribution >= 0.6 is 0 Å². The van der Waals surface area contributed by atoms with E-state index in [-0.39, 0.29) is 0 Å². The van der Waals surface area contributed by atoms with Crippen molar-refractivity contribution in [1.82, 2.24) is 0 Å². The predicted octanol–water partition coefficient (Wildman–Crippen LogP) is 3.90. The molecule has 1 aliphatic carbocycles. The van der Waals surface area contributed by atoms with Gasteiger partial charge in [0.15, 0.2) is 5.78 Å². The first-order chi connectivity index (χ1) is 8.14. The molecular weight excluding hydrogens is 212 g/mol. The van der Waals surface area contributed by atoms with Crippen molar-refractivity contribution in [2.24, 2.45) is 5.92 Å². The Kier molecular flexibility index (Phi) is 5.90. The summed E-state index contributed by atoms with van der Waals surface area (Å²) in [5.74, 6) is 0.923. The van der Waals surface area contributed by atoms with Crippen LogP contribution in [0, 0.1) is 5.92 Å². The van der Waals surface area contributed by atoms with Crippen molar-refractivity contribution in [3.05, 3.63) is 12.7 Å². The highest BCUT2D eigenvalue weighted by Gasteiger charge is 2.41. The predicted molar refractivity (Wildman–Crippen MR) is 71.0 cm³/mol. The molecule has 0 aromatic carbocycles. The zero-order valence-electron chi connectivity index (χ0n) is 11.3. The van der Waals surface area contributed by atoms with Gasteiger partial charge in [-0.25, -0.2) is 0 Å². The topological polar surface area (TPSA) is 26.3 Å². The van der Waals surface area contributed by atoms with Crippen LogP contribution in [0.5, 0.6) is 0 Å². The highest BCUT2D eigenvalue weighted by Crippen LogP contribution is 2.37. The van der Waals surface area contributed by atoms with Crippen LogP contribution in [0.3, 0.4) is 0 Å². The van der Waals surface area contributed by atoms with Crippen molar-refractivity contribution in [3.8, 4) is 0 Å². The lowest BCUT2D eigenvalue weighted by molar-refractivity contribution is -0.151. The zero-order valence-corrected chi connectivity index (χ0v) is 11.3. The maximum absolute atomic E-state index is 12.4. The zero-order chi connectivity index (χ0) is 12.7. The molecule has 0 aromatic heterocycles. The summed E-state index contributed by atoms with van der Waals surface area (Å²) in [6.07, 6.45) is 8.52. The number of ether oxygens (including phenoxy) is 1. The minimum absolute atomic E-state index is 0.313. The van der Waals surface area contributed by atoms with Crippen LogP contribution in [-0.4, -0.2) is 18.0 Å². The Hall–Kier alpha value is -0.630. The molecule has 0 bridgehead atoms. The number of hydrogen-bond donors (Lipinski definition) is 0. The molecular formula is C15H26O2. The van der Waals surface area contributed by atoms with Crippen LogP contribution in [0.15, 0.2) is 12.7 Å². The highest BCUT2D eigenvalue weighted by molar-refractivity contribution is 5.87. The Morgan fingerprint density at radius 1 is 1.59 bits per heavy atom. The van der Waals surface area contributed by atoms with Crippen molar-refractivity contribution >= 4 is 5.78 Å². The molecule has 2 nitrogen and oxygen atoms in total. The molecule has 98 valence electrons. The number of rotatable bonds is 7. The summed E-state index contributed by atoms with van der Waals surface area (Å²) in [5.41, 5.74) is -0.465. The Balaban J connectivity index is 2.62. The molecule has 1 aliphatic rings. The van der Waals surface area contributed by atoms with Crippen molar-refractivity contribution in [3.63, 3.8) is 0 Å². The van der Waals surface area contributed by atoms with Gasteiger partial charge < -0.3 is 4.74 Å². The van der Waals surface area contributed by atoms with Crippen molar-refractivity contribution in [1.29, 1.82) is 0 Å². The van der Waals surface area contributed by atoms with Crippen LogP contribution in [0.25, 0.3) is 0 Å². The van der Waals surface area contributed by atoms with Gasteiger partial charge in [-0.3, -0.25) is 4.79 Å².